The van der Waals surface area contributed by atoms with E-state index in [1.54, 1.807) is 6.08 Å². The first kappa shape index (κ1) is 67.3. The number of hydrogen-bond acceptors (Lipinski definition) is 5. The minimum atomic E-state index is -0.848. The number of allylic oxidation sites excluding steroid dienone is 3. The van der Waals surface area contributed by atoms with E-state index in [1.165, 1.54) is 270 Å². The molecule has 3 N–H and O–H groups in total. The normalized spacial score (nSPS) is 12.7. The fourth-order valence-electron chi connectivity index (χ4n) is 9.69. The third-order valence-electron chi connectivity index (χ3n) is 14.5. The number of nitrogens with one attached hydrogen (secondary N) is 1. The maximum atomic E-state index is 12.5. The lowest BCUT2D eigenvalue weighted by Gasteiger charge is -2.20. The number of amides is 1. The summed E-state index contributed by atoms with van der Waals surface area (Å²) in [5, 5.41) is 23.2. The Hall–Kier alpha value is -1.66. The number of aliphatic hydroxyl groups is 2. The average Bonchev–Trinajstić information content (AvgIpc) is 3.35. The molecule has 0 aliphatic rings. The molecule has 6 heteroatoms. The second kappa shape index (κ2) is 58.9. The molecular formula is C63H121NO5. The van der Waals surface area contributed by atoms with Crippen molar-refractivity contribution in [2.24, 2.45) is 0 Å². The summed E-state index contributed by atoms with van der Waals surface area (Å²) in [6.45, 7) is 4.91. The molecule has 0 radical (unpaired) electrons. The van der Waals surface area contributed by atoms with Gasteiger partial charge in [-0.05, 0) is 57.8 Å². The molecule has 0 aliphatic carbocycles. The fraction of sp³-hybridized carbons (Fsp3) is 0.905. The third-order valence-corrected chi connectivity index (χ3v) is 14.5. The number of hydrogen-bond donors (Lipinski definition) is 3. The van der Waals surface area contributed by atoms with Crippen LogP contribution in [0.1, 0.15) is 341 Å². The fourth-order valence-corrected chi connectivity index (χ4v) is 9.69. The Bertz CT molecular complexity index is 1080. The van der Waals surface area contributed by atoms with Crippen molar-refractivity contribution in [1.29, 1.82) is 0 Å². The van der Waals surface area contributed by atoms with Crippen LogP contribution in [0.5, 0.6) is 0 Å². The van der Waals surface area contributed by atoms with E-state index in [0.717, 1.165) is 44.9 Å². The number of unbranched alkanes of at least 4 members (excludes halogenated alkanes) is 45. The molecular weight excluding hydrogens is 851 g/mol. The van der Waals surface area contributed by atoms with Crippen LogP contribution in [0.3, 0.4) is 0 Å². The van der Waals surface area contributed by atoms with Gasteiger partial charge in [-0.2, -0.15) is 0 Å². The maximum Gasteiger partial charge on any atom is 0.305 e. The second-order valence-corrected chi connectivity index (χ2v) is 21.4. The van der Waals surface area contributed by atoms with E-state index in [-0.39, 0.29) is 18.5 Å². The van der Waals surface area contributed by atoms with Gasteiger partial charge in [0.15, 0.2) is 0 Å². The number of carbonyl (C=O) groups is 2. The summed E-state index contributed by atoms with van der Waals surface area (Å²) in [7, 11) is 0. The van der Waals surface area contributed by atoms with Gasteiger partial charge in [0.2, 0.25) is 5.91 Å². The van der Waals surface area contributed by atoms with Gasteiger partial charge in [-0.3, -0.25) is 9.59 Å². The van der Waals surface area contributed by atoms with Crippen LogP contribution in [0, 0.1) is 0 Å². The van der Waals surface area contributed by atoms with Crippen LogP contribution in [-0.4, -0.2) is 47.4 Å². The zero-order valence-electron chi connectivity index (χ0n) is 46.6. The zero-order valence-corrected chi connectivity index (χ0v) is 46.6. The molecule has 0 fully saturated rings. The topological polar surface area (TPSA) is 95.9 Å². The number of rotatable bonds is 58. The number of esters is 1. The molecule has 0 aromatic heterocycles. The molecule has 69 heavy (non-hydrogen) atoms. The quantitative estimate of drug-likeness (QED) is 0.0321. The van der Waals surface area contributed by atoms with Gasteiger partial charge in [0.05, 0.1) is 25.4 Å². The van der Waals surface area contributed by atoms with Crippen LogP contribution in [0.4, 0.5) is 0 Å². The molecule has 0 aromatic carbocycles. The molecule has 408 valence electrons. The first-order chi connectivity index (χ1) is 34.0. The van der Waals surface area contributed by atoms with E-state index in [1.807, 2.05) is 6.08 Å². The lowest BCUT2D eigenvalue weighted by Crippen LogP contribution is -2.45. The van der Waals surface area contributed by atoms with Gasteiger partial charge in [-0.1, -0.05) is 295 Å². The van der Waals surface area contributed by atoms with E-state index < -0.39 is 12.1 Å². The van der Waals surface area contributed by atoms with Crippen molar-refractivity contribution in [2.45, 2.75) is 353 Å². The molecule has 0 bridgehead atoms. The van der Waals surface area contributed by atoms with Gasteiger partial charge in [0.1, 0.15) is 0 Å². The Labute approximate surface area is 431 Å². The van der Waals surface area contributed by atoms with Crippen molar-refractivity contribution in [3.63, 3.8) is 0 Å². The highest BCUT2D eigenvalue weighted by atomic mass is 16.5. The molecule has 0 spiro atoms. The largest absolute Gasteiger partial charge is 0.466 e. The van der Waals surface area contributed by atoms with Gasteiger partial charge in [-0.15, -0.1) is 0 Å². The first-order valence-corrected chi connectivity index (χ1v) is 31.1. The van der Waals surface area contributed by atoms with Crippen molar-refractivity contribution in [1.82, 2.24) is 5.32 Å². The Morgan fingerprint density at radius 2 is 0.681 bits per heavy atom. The van der Waals surface area contributed by atoms with Gasteiger partial charge in [-0.25, -0.2) is 0 Å². The van der Waals surface area contributed by atoms with Crippen molar-refractivity contribution in [3.05, 3.63) is 24.3 Å². The first-order valence-electron chi connectivity index (χ1n) is 31.1. The molecule has 0 rings (SSSR count). The molecule has 0 aromatic rings. The predicted octanol–water partition coefficient (Wildman–Crippen LogP) is 19.4. The summed E-state index contributed by atoms with van der Waals surface area (Å²) < 4.78 is 5.48. The second-order valence-electron chi connectivity index (χ2n) is 21.4. The van der Waals surface area contributed by atoms with Crippen LogP contribution >= 0.6 is 0 Å². The van der Waals surface area contributed by atoms with Crippen molar-refractivity contribution >= 4 is 11.9 Å². The summed E-state index contributed by atoms with van der Waals surface area (Å²) in [5.74, 6) is -0.0700. The van der Waals surface area contributed by atoms with Crippen molar-refractivity contribution < 1.29 is 24.5 Å². The summed E-state index contributed by atoms with van der Waals surface area (Å²) in [6, 6.07) is -0.631. The van der Waals surface area contributed by atoms with Crippen LogP contribution in [0.2, 0.25) is 0 Å². The van der Waals surface area contributed by atoms with E-state index >= 15 is 0 Å². The number of aliphatic hydroxyl groups excluding tert-OH is 2. The summed E-state index contributed by atoms with van der Waals surface area (Å²) in [5.41, 5.74) is 0. The van der Waals surface area contributed by atoms with Gasteiger partial charge < -0.3 is 20.3 Å². The van der Waals surface area contributed by atoms with E-state index in [0.29, 0.717) is 19.4 Å². The minimum absolute atomic E-state index is 0.000375. The molecule has 0 heterocycles. The highest BCUT2D eigenvalue weighted by Gasteiger charge is 2.18. The summed E-state index contributed by atoms with van der Waals surface area (Å²) in [6.07, 6.45) is 72.1. The van der Waals surface area contributed by atoms with E-state index in [4.69, 9.17) is 4.74 Å². The average molecular weight is 973 g/mol. The Morgan fingerprint density at radius 3 is 1.03 bits per heavy atom. The molecule has 2 atom stereocenters. The van der Waals surface area contributed by atoms with Crippen molar-refractivity contribution in [3.8, 4) is 0 Å². The van der Waals surface area contributed by atoms with Crippen LogP contribution in [0.25, 0.3) is 0 Å². The predicted molar refractivity (Wildman–Crippen MR) is 301 cm³/mol. The Kier molecular flexibility index (Phi) is 57.5. The lowest BCUT2D eigenvalue weighted by atomic mass is 10.0. The molecule has 0 saturated carbocycles. The van der Waals surface area contributed by atoms with Crippen LogP contribution < -0.4 is 5.32 Å². The van der Waals surface area contributed by atoms with Crippen LogP contribution in [0.15, 0.2) is 24.3 Å². The number of carbonyl (C=O) groups excluding carboxylic acids is 2. The maximum absolute atomic E-state index is 12.5. The van der Waals surface area contributed by atoms with Gasteiger partial charge in [0, 0.05) is 12.8 Å². The monoisotopic (exact) mass is 972 g/mol. The van der Waals surface area contributed by atoms with E-state index in [9.17, 15) is 19.8 Å². The SMILES string of the molecule is CCCCCCCCC/C=C\CCCCCCCC(=O)OCCCCCCCCCCCCCCCCCCCCC(=O)NC(CO)C(O)/C=C/CCCCCCCCCCCCCCCCCC. The Morgan fingerprint density at radius 1 is 0.391 bits per heavy atom. The summed E-state index contributed by atoms with van der Waals surface area (Å²) >= 11 is 0. The molecule has 0 saturated heterocycles. The third kappa shape index (κ3) is 55.5. The van der Waals surface area contributed by atoms with E-state index in [2.05, 4.69) is 31.3 Å². The van der Waals surface area contributed by atoms with Gasteiger partial charge >= 0.3 is 5.97 Å². The number of ether oxygens (including phenoxy) is 1. The standard InChI is InChI=1S/C63H121NO5/c1-3-5-7-9-11-13-15-17-19-21-24-27-31-35-39-43-47-51-55-61(66)60(59-65)64-62(67)56-52-48-44-40-36-32-28-25-22-23-26-30-34-38-42-46-50-54-58-69-63(68)57-53-49-45-41-37-33-29-20-18-16-14-12-10-8-6-4-2/h20,29,51,55,60-61,65-66H,3-19,21-28,30-50,52-54,56-59H2,1-2H3,(H,64,67)/b29-20-,55-51+. The molecule has 0 aliphatic heterocycles. The zero-order chi connectivity index (χ0) is 50.0. The smallest absolute Gasteiger partial charge is 0.305 e. The highest BCUT2D eigenvalue weighted by molar-refractivity contribution is 5.76. The molecule has 2 unspecified atom stereocenters. The van der Waals surface area contributed by atoms with Gasteiger partial charge in [0.25, 0.3) is 0 Å². The molecule has 1 amide bonds. The summed E-state index contributed by atoms with van der Waals surface area (Å²) in [4.78, 5) is 24.6. The van der Waals surface area contributed by atoms with Crippen molar-refractivity contribution in [2.75, 3.05) is 13.2 Å². The highest BCUT2D eigenvalue weighted by Crippen LogP contribution is 2.17. The Balaban J connectivity index is 3.43. The molecule has 6 nitrogen and oxygen atoms in total. The lowest BCUT2D eigenvalue weighted by molar-refractivity contribution is -0.143. The minimum Gasteiger partial charge on any atom is -0.466 e. The van der Waals surface area contributed by atoms with Crippen LogP contribution in [-0.2, 0) is 14.3 Å².